The van der Waals surface area contributed by atoms with Crippen LogP contribution in [0.5, 0.6) is 0 Å². The van der Waals surface area contributed by atoms with Crippen LogP contribution >= 0.6 is 23.2 Å². The molecule has 1 aromatic rings. The topological polar surface area (TPSA) is 47.3 Å². The van der Waals surface area contributed by atoms with Crippen molar-refractivity contribution in [3.63, 3.8) is 0 Å². The molecule has 2 unspecified atom stereocenters. The molecule has 1 rings (SSSR count). The Hall–Kier alpha value is -0.263. The zero-order valence-electron chi connectivity index (χ0n) is 17.5. The van der Waals surface area contributed by atoms with Crippen LogP contribution in [0.25, 0.3) is 0 Å². The molecule has 26 heavy (non-hydrogen) atoms. The maximum absolute atomic E-state index is 6.76. The highest BCUT2D eigenvalue weighted by atomic mass is 35.5. The van der Waals surface area contributed by atoms with Gasteiger partial charge in [0.15, 0.2) is 8.32 Å². The van der Waals surface area contributed by atoms with Crippen molar-refractivity contribution in [3.8, 4) is 0 Å². The Morgan fingerprint density at radius 2 is 1.65 bits per heavy atom. The minimum atomic E-state index is -1.93. The van der Waals surface area contributed by atoms with Crippen LogP contribution in [0.15, 0.2) is 12.1 Å². The zero-order valence-corrected chi connectivity index (χ0v) is 20.1. The van der Waals surface area contributed by atoms with E-state index in [0.717, 1.165) is 12.0 Å². The number of benzene rings is 1. The van der Waals surface area contributed by atoms with Crippen LogP contribution in [0.3, 0.4) is 0 Å². The fourth-order valence-electron chi connectivity index (χ4n) is 2.79. The van der Waals surface area contributed by atoms with E-state index in [1.54, 1.807) is 0 Å². The lowest BCUT2D eigenvalue weighted by Gasteiger charge is -2.37. The Bertz CT molecular complexity index is 582. The van der Waals surface area contributed by atoms with Crippen LogP contribution in [0.1, 0.15) is 59.6 Å². The van der Waals surface area contributed by atoms with Crippen molar-refractivity contribution in [3.05, 3.63) is 27.7 Å². The van der Waals surface area contributed by atoms with E-state index < -0.39 is 8.32 Å². The molecule has 3 nitrogen and oxygen atoms in total. The quantitative estimate of drug-likeness (QED) is 0.347. The van der Waals surface area contributed by atoms with Crippen molar-refractivity contribution >= 4 is 37.2 Å². The largest absolute Gasteiger partial charge is 0.409 e. The average Bonchev–Trinajstić information content (AvgIpc) is 2.55. The molecule has 150 valence electrons. The number of rotatable bonds is 9. The van der Waals surface area contributed by atoms with Gasteiger partial charge >= 0.3 is 0 Å². The van der Waals surface area contributed by atoms with Gasteiger partial charge in [-0.25, -0.2) is 0 Å². The summed E-state index contributed by atoms with van der Waals surface area (Å²) in [5, 5.41) is 4.59. The fraction of sp³-hybridized carbons (Fsp3) is 0.700. The molecule has 0 aromatic heterocycles. The van der Waals surface area contributed by atoms with E-state index in [1.165, 1.54) is 0 Å². The monoisotopic (exact) mass is 418 g/mol. The molecule has 0 aliphatic heterocycles. The van der Waals surface area contributed by atoms with Crippen LogP contribution in [-0.4, -0.2) is 20.4 Å². The van der Waals surface area contributed by atoms with E-state index in [0.29, 0.717) is 33.7 Å². The van der Waals surface area contributed by atoms with Gasteiger partial charge in [-0.1, -0.05) is 50.9 Å². The summed E-state index contributed by atoms with van der Waals surface area (Å²) in [6.07, 6.45) is 0.922. The minimum Gasteiger partial charge on any atom is -0.409 e. The summed E-state index contributed by atoms with van der Waals surface area (Å²) in [5.41, 5.74) is 7.89. The molecule has 0 aliphatic rings. The van der Waals surface area contributed by atoms with Gasteiger partial charge < -0.3 is 15.5 Å². The molecule has 0 bridgehead atoms. The van der Waals surface area contributed by atoms with Crippen LogP contribution in [0, 0.1) is 5.92 Å². The molecular weight excluding hydrogens is 383 g/mol. The van der Waals surface area contributed by atoms with Gasteiger partial charge in [0, 0.05) is 12.1 Å². The second kappa shape index (κ2) is 9.29. The second-order valence-electron chi connectivity index (χ2n) is 8.76. The predicted molar refractivity (Wildman–Crippen MR) is 119 cm³/mol. The summed E-state index contributed by atoms with van der Waals surface area (Å²) < 4.78 is 6.76. The summed E-state index contributed by atoms with van der Waals surface area (Å²) in [4.78, 5) is 0. The van der Waals surface area contributed by atoms with Crippen LogP contribution in [-0.2, 0) is 4.43 Å². The molecule has 0 heterocycles. The van der Waals surface area contributed by atoms with Crippen molar-refractivity contribution in [2.75, 3.05) is 12.3 Å². The number of nitrogens with two attached hydrogens (primary N) is 1. The van der Waals surface area contributed by atoms with Crippen molar-refractivity contribution in [2.24, 2.45) is 5.92 Å². The van der Waals surface area contributed by atoms with Gasteiger partial charge in [0.25, 0.3) is 0 Å². The van der Waals surface area contributed by atoms with E-state index in [4.69, 9.17) is 33.4 Å². The number of hydrogen-bond acceptors (Lipinski definition) is 3. The standard InChI is InChI=1S/C20H36Cl2N2OSi/c1-9-20(5,6)24-12-18(25-26(7,8)14(4)13(2)3)15-10-16(21)19(23)17(22)11-15/h10-11,13-14,18,24H,9,12,23H2,1-8H3. The molecule has 0 aliphatic carbocycles. The lowest BCUT2D eigenvalue weighted by Crippen LogP contribution is -2.45. The third-order valence-electron chi connectivity index (χ3n) is 5.67. The Morgan fingerprint density at radius 1 is 1.15 bits per heavy atom. The van der Waals surface area contributed by atoms with Gasteiger partial charge in [0.2, 0.25) is 0 Å². The predicted octanol–water partition coefficient (Wildman–Crippen LogP) is 6.66. The van der Waals surface area contributed by atoms with Crippen molar-refractivity contribution < 1.29 is 4.43 Å². The van der Waals surface area contributed by atoms with E-state index in [2.05, 4.69) is 60.0 Å². The molecule has 0 amide bonds. The van der Waals surface area contributed by atoms with Crippen LogP contribution in [0.2, 0.25) is 28.7 Å². The molecule has 0 spiro atoms. The van der Waals surface area contributed by atoms with Gasteiger partial charge in [-0.3, -0.25) is 0 Å². The molecule has 2 atom stereocenters. The van der Waals surface area contributed by atoms with Crippen molar-refractivity contribution in [2.45, 2.75) is 78.2 Å². The molecule has 0 saturated heterocycles. The highest BCUT2D eigenvalue weighted by Gasteiger charge is 2.36. The number of nitrogen functional groups attached to an aromatic ring is 1. The van der Waals surface area contributed by atoms with E-state index in [-0.39, 0.29) is 11.6 Å². The third-order valence-corrected chi connectivity index (χ3v) is 10.0. The van der Waals surface area contributed by atoms with Crippen molar-refractivity contribution in [1.29, 1.82) is 0 Å². The number of anilines is 1. The molecule has 0 radical (unpaired) electrons. The third kappa shape index (κ3) is 6.41. The smallest absolute Gasteiger partial charge is 0.190 e. The lowest BCUT2D eigenvalue weighted by atomic mass is 10.0. The van der Waals surface area contributed by atoms with Gasteiger partial charge in [0.05, 0.1) is 21.8 Å². The zero-order chi connectivity index (χ0) is 20.3. The first-order valence-corrected chi connectivity index (χ1v) is 13.2. The van der Waals surface area contributed by atoms with Crippen LogP contribution in [0.4, 0.5) is 5.69 Å². The maximum Gasteiger partial charge on any atom is 0.190 e. The summed E-state index contributed by atoms with van der Waals surface area (Å²) in [5.74, 6) is 0.580. The first kappa shape index (κ1) is 23.8. The molecule has 3 N–H and O–H groups in total. The average molecular weight is 420 g/mol. The van der Waals surface area contributed by atoms with Gasteiger partial charge in [-0.15, -0.1) is 0 Å². The molecule has 6 heteroatoms. The first-order valence-electron chi connectivity index (χ1n) is 9.48. The fourth-order valence-corrected chi connectivity index (χ4v) is 6.06. The van der Waals surface area contributed by atoms with E-state index in [1.807, 2.05) is 12.1 Å². The second-order valence-corrected chi connectivity index (χ2v) is 13.9. The number of hydrogen-bond donors (Lipinski definition) is 2. The van der Waals surface area contributed by atoms with Crippen molar-refractivity contribution in [1.82, 2.24) is 5.32 Å². The Labute approximate surface area is 171 Å². The maximum atomic E-state index is 6.76. The summed E-state index contributed by atoms with van der Waals surface area (Å²) in [7, 11) is -1.93. The first-order chi connectivity index (χ1) is 11.8. The van der Waals surface area contributed by atoms with Gasteiger partial charge in [-0.05, 0) is 62.5 Å². The molecule has 1 aromatic carbocycles. The Kier molecular flexibility index (Phi) is 8.49. The Morgan fingerprint density at radius 3 is 2.08 bits per heavy atom. The molecule has 0 fully saturated rings. The lowest BCUT2D eigenvalue weighted by molar-refractivity contribution is 0.168. The normalized spacial score (nSPS) is 15.3. The number of halogens is 2. The molecule has 0 saturated carbocycles. The van der Waals surface area contributed by atoms with E-state index >= 15 is 0 Å². The summed E-state index contributed by atoms with van der Waals surface area (Å²) in [6, 6.07) is 3.77. The Balaban J connectivity index is 3.18. The van der Waals surface area contributed by atoms with E-state index in [9.17, 15) is 0 Å². The SMILES string of the molecule is CCC(C)(C)NCC(O[Si](C)(C)C(C)C(C)C)c1cc(Cl)c(N)c(Cl)c1. The van der Waals surface area contributed by atoms with Gasteiger partial charge in [0.1, 0.15) is 0 Å². The van der Waals surface area contributed by atoms with Crippen LogP contribution < -0.4 is 11.1 Å². The molecular formula is C20H36Cl2N2OSi. The highest BCUT2D eigenvalue weighted by Crippen LogP contribution is 2.37. The summed E-state index contributed by atoms with van der Waals surface area (Å²) >= 11 is 12.6. The number of nitrogens with one attached hydrogen (secondary N) is 1. The van der Waals surface area contributed by atoms with Gasteiger partial charge in [-0.2, -0.15) is 0 Å². The summed E-state index contributed by atoms with van der Waals surface area (Å²) in [6.45, 7) is 18.7. The minimum absolute atomic E-state index is 0.0400. The highest BCUT2D eigenvalue weighted by molar-refractivity contribution is 6.72.